The largest absolute Gasteiger partial charge is 0.486 e. The number of aromatic nitrogens is 2. The van der Waals surface area contributed by atoms with Crippen LogP contribution >= 0.6 is 0 Å². The molecule has 0 saturated carbocycles. The van der Waals surface area contributed by atoms with Crippen LogP contribution in [0.25, 0.3) is 27.5 Å². The first-order chi connectivity index (χ1) is 19.1. The van der Waals surface area contributed by atoms with Crippen molar-refractivity contribution in [2.45, 2.75) is 52.7 Å². The summed E-state index contributed by atoms with van der Waals surface area (Å²) in [6, 6.07) is 13.6. The standard InChI is InChI=1S/C30H35N7O3/c1-16-27-25(37(19(4)35-27)24-10-9-23(29(32)33)21-7-5-6-8-22(21)24)15-26(28(16)39-17(2)30(34)38)40-20-11-13-36(14-12-20)18(3)31/h5-10,15,17,20,31H,11-14H2,1-4H3,(H3,32,33)(H2,34,38). The fourth-order valence-corrected chi connectivity index (χ4v) is 5.41. The number of piperidine rings is 1. The molecule has 5 rings (SSSR count). The van der Waals surface area contributed by atoms with Gasteiger partial charge in [0.15, 0.2) is 17.6 Å². The number of carbonyl (C=O) groups is 1. The van der Waals surface area contributed by atoms with Gasteiger partial charge in [-0.25, -0.2) is 4.98 Å². The van der Waals surface area contributed by atoms with Crippen LogP contribution < -0.4 is 20.9 Å². The Morgan fingerprint density at radius 3 is 2.38 bits per heavy atom. The van der Waals surface area contributed by atoms with Gasteiger partial charge in [0.05, 0.1) is 22.6 Å². The third-order valence-corrected chi connectivity index (χ3v) is 7.61. The molecule has 3 aromatic carbocycles. The van der Waals surface area contributed by atoms with Crippen LogP contribution in [-0.2, 0) is 4.79 Å². The summed E-state index contributed by atoms with van der Waals surface area (Å²) in [6.45, 7) is 8.74. The zero-order valence-electron chi connectivity index (χ0n) is 23.2. The van der Waals surface area contributed by atoms with Crippen molar-refractivity contribution in [3.63, 3.8) is 0 Å². The average Bonchev–Trinajstić information content (AvgIpc) is 3.25. The number of primary amides is 1. The third kappa shape index (κ3) is 4.81. The fraction of sp³-hybridized carbons (Fsp3) is 0.333. The number of nitrogens with one attached hydrogen (secondary N) is 2. The Labute approximate surface area is 232 Å². The first-order valence-electron chi connectivity index (χ1n) is 13.4. The van der Waals surface area contributed by atoms with Crippen molar-refractivity contribution in [2.24, 2.45) is 11.5 Å². The number of hydrogen-bond donors (Lipinski definition) is 4. The number of ether oxygens (including phenoxy) is 2. The van der Waals surface area contributed by atoms with Crippen molar-refractivity contribution in [1.29, 1.82) is 10.8 Å². The number of nitrogen functional groups attached to an aromatic ring is 1. The molecule has 1 fully saturated rings. The van der Waals surface area contributed by atoms with Crippen LogP contribution in [0.1, 0.15) is 43.6 Å². The fourth-order valence-electron chi connectivity index (χ4n) is 5.41. The predicted molar refractivity (Wildman–Crippen MR) is 157 cm³/mol. The molecule has 1 aromatic heterocycles. The second-order valence-corrected chi connectivity index (χ2v) is 10.3. The summed E-state index contributed by atoms with van der Waals surface area (Å²) in [4.78, 5) is 18.8. The lowest BCUT2D eigenvalue weighted by Gasteiger charge is -2.33. The van der Waals surface area contributed by atoms with E-state index >= 15 is 0 Å². The van der Waals surface area contributed by atoms with Crippen LogP contribution in [0.2, 0.25) is 0 Å². The Bertz CT molecular complexity index is 1650. The molecule has 2 heterocycles. The predicted octanol–water partition coefficient (Wildman–Crippen LogP) is 4.17. The average molecular weight is 542 g/mol. The number of rotatable bonds is 7. The zero-order chi connectivity index (χ0) is 28.7. The summed E-state index contributed by atoms with van der Waals surface area (Å²) in [5.74, 6) is 1.73. The number of benzene rings is 3. The highest BCUT2D eigenvalue weighted by atomic mass is 16.5. The molecular weight excluding hydrogens is 506 g/mol. The first kappa shape index (κ1) is 27.0. The number of nitrogens with two attached hydrogens (primary N) is 2. The molecule has 1 unspecified atom stereocenters. The number of likely N-dealkylation sites (tertiary alicyclic amines) is 1. The van der Waals surface area contributed by atoms with Crippen LogP contribution in [0, 0.1) is 24.7 Å². The van der Waals surface area contributed by atoms with Gasteiger partial charge in [-0.1, -0.05) is 24.3 Å². The minimum atomic E-state index is -0.854. The van der Waals surface area contributed by atoms with Crippen molar-refractivity contribution >= 4 is 39.4 Å². The molecule has 1 aliphatic heterocycles. The number of fused-ring (bicyclic) bond motifs is 2. The Kier molecular flexibility index (Phi) is 7.10. The SMILES string of the molecule is CC(=N)N1CCC(Oc2cc3c(nc(C)n3-c3ccc(C(=N)N)c4ccccc34)c(C)c2OC(C)C(N)=O)CC1. The Hall–Kier alpha value is -4.60. The zero-order valence-corrected chi connectivity index (χ0v) is 23.2. The molecule has 0 spiro atoms. The van der Waals surface area contributed by atoms with E-state index in [-0.39, 0.29) is 11.9 Å². The number of nitrogens with zero attached hydrogens (tertiary/aromatic N) is 3. The number of amides is 1. The molecule has 4 aromatic rings. The quantitative estimate of drug-likeness (QED) is 0.203. The number of carbonyl (C=O) groups excluding carboxylic acids is 1. The number of amidine groups is 2. The third-order valence-electron chi connectivity index (χ3n) is 7.61. The van der Waals surface area contributed by atoms with Gasteiger partial charge in [0.1, 0.15) is 17.8 Å². The lowest BCUT2D eigenvalue weighted by atomic mass is 10.0. The minimum absolute atomic E-state index is 0.0103. The number of imidazole rings is 1. The summed E-state index contributed by atoms with van der Waals surface area (Å²) in [6.07, 6.45) is 0.584. The van der Waals surface area contributed by atoms with Gasteiger partial charge < -0.3 is 25.8 Å². The number of hydrogen-bond acceptors (Lipinski definition) is 6. The highest BCUT2D eigenvalue weighted by Crippen LogP contribution is 2.41. The summed E-state index contributed by atoms with van der Waals surface area (Å²) < 4.78 is 14.7. The van der Waals surface area contributed by atoms with Gasteiger partial charge in [0.2, 0.25) is 0 Å². The van der Waals surface area contributed by atoms with E-state index in [1.54, 1.807) is 13.8 Å². The molecule has 10 heteroatoms. The van der Waals surface area contributed by atoms with E-state index in [4.69, 9.17) is 36.7 Å². The van der Waals surface area contributed by atoms with Crippen molar-refractivity contribution in [2.75, 3.05) is 13.1 Å². The molecule has 1 amide bonds. The van der Waals surface area contributed by atoms with Crippen LogP contribution in [0.15, 0.2) is 42.5 Å². The maximum Gasteiger partial charge on any atom is 0.258 e. The maximum atomic E-state index is 11.9. The summed E-state index contributed by atoms with van der Waals surface area (Å²) in [5.41, 5.74) is 15.3. The molecular formula is C30H35N7O3. The van der Waals surface area contributed by atoms with E-state index < -0.39 is 12.0 Å². The Morgan fingerprint density at radius 1 is 1.07 bits per heavy atom. The number of aryl methyl sites for hydroxylation is 2. The van der Waals surface area contributed by atoms with Gasteiger partial charge in [-0.3, -0.25) is 20.2 Å². The second kappa shape index (κ2) is 10.5. The van der Waals surface area contributed by atoms with Crippen molar-refractivity contribution in [3.8, 4) is 17.2 Å². The molecule has 1 saturated heterocycles. The highest BCUT2D eigenvalue weighted by molar-refractivity contribution is 6.10. The van der Waals surface area contributed by atoms with E-state index in [1.807, 2.05) is 61.2 Å². The molecule has 1 aliphatic rings. The van der Waals surface area contributed by atoms with Crippen LogP contribution in [-0.4, -0.2) is 57.3 Å². The topological polar surface area (TPSA) is 156 Å². The summed E-state index contributed by atoms with van der Waals surface area (Å²) >= 11 is 0. The molecule has 40 heavy (non-hydrogen) atoms. The van der Waals surface area contributed by atoms with Gasteiger partial charge in [-0.15, -0.1) is 0 Å². The molecule has 1 atom stereocenters. The maximum absolute atomic E-state index is 11.9. The van der Waals surface area contributed by atoms with E-state index in [0.717, 1.165) is 64.8 Å². The summed E-state index contributed by atoms with van der Waals surface area (Å²) in [7, 11) is 0. The van der Waals surface area contributed by atoms with Crippen molar-refractivity contribution in [1.82, 2.24) is 14.5 Å². The van der Waals surface area contributed by atoms with Gasteiger partial charge in [-0.05, 0) is 45.2 Å². The monoisotopic (exact) mass is 541 g/mol. The second-order valence-electron chi connectivity index (χ2n) is 10.3. The van der Waals surface area contributed by atoms with E-state index in [9.17, 15) is 4.79 Å². The van der Waals surface area contributed by atoms with E-state index in [0.29, 0.717) is 22.9 Å². The smallest absolute Gasteiger partial charge is 0.258 e. The van der Waals surface area contributed by atoms with E-state index in [2.05, 4.69) is 4.57 Å². The molecule has 0 bridgehead atoms. The highest BCUT2D eigenvalue weighted by Gasteiger charge is 2.27. The minimum Gasteiger partial charge on any atom is -0.486 e. The van der Waals surface area contributed by atoms with Crippen molar-refractivity contribution in [3.05, 3.63) is 59.4 Å². The molecule has 10 nitrogen and oxygen atoms in total. The van der Waals surface area contributed by atoms with Crippen LogP contribution in [0.3, 0.4) is 0 Å². The molecule has 208 valence electrons. The normalized spacial score (nSPS) is 14.8. The van der Waals surface area contributed by atoms with Crippen LogP contribution in [0.4, 0.5) is 0 Å². The van der Waals surface area contributed by atoms with Crippen molar-refractivity contribution < 1.29 is 14.3 Å². The summed E-state index contributed by atoms with van der Waals surface area (Å²) in [5, 5.41) is 17.8. The van der Waals surface area contributed by atoms with Gasteiger partial charge in [0, 0.05) is 48.5 Å². The van der Waals surface area contributed by atoms with Gasteiger partial charge >= 0.3 is 0 Å². The first-order valence-corrected chi connectivity index (χ1v) is 13.4. The van der Waals surface area contributed by atoms with Gasteiger partial charge in [0.25, 0.3) is 5.91 Å². The lowest BCUT2D eigenvalue weighted by Crippen LogP contribution is -2.40. The van der Waals surface area contributed by atoms with E-state index in [1.165, 1.54) is 0 Å². The molecule has 6 N–H and O–H groups in total. The van der Waals surface area contributed by atoms with Gasteiger partial charge in [-0.2, -0.15) is 0 Å². The Balaban J connectivity index is 1.67. The molecule has 0 radical (unpaired) electrons. The molecule has 0 aliphatic carbocycles. The Morgan fingerprint density at radius 2 is 1.75 bits per heavy atom. The lowest BCUT2D eigenvalue weighted by molar-refractivity contribution is -0.124. The van der Waals surface area contributed by atoms with Crippen LogP contribution in [0.5, 0.6) is 11.5 Å².